The van der Waals surface area contributed by atoms with Crippen molar-refractivity contribution >= 4 is 10.8 Å². The highest BCUT2D eigenvalue weighted by molar-refractivity contribution is 7.85. The Kier molecular flexibility index (Phi) is 4.89. The molecule has 72 valence electrons. The molecule has 0 N–H and O–H groups in total. The molecule has 0 spiro atoms. The molecule has 0 amide bonds. The number of unbranched alkanes of at least 4 members (excludes halogenated alkanes) is 2. The topological polar surface area (TPSA) is 17.1 Å². The molecule has 0 aromatic heterocycles. The summed E-state index contributed by atoms with van der Waals surface area (Å²) in [6.45, 7) is 2.24. The summed E-state index contributed by atoms with van der Waals surface area (Å²) in [5.41, 5.74) is 0. The third-order valence-electron chi connectivity index (χ3n) is 2.62. The van der Waals surface area contributed by atoms with Crippen LogP contribution in [0.15, 0.2) is 0 Å². The van der Waals surface area contributed by atoms with Crippen molar-refractivity contribution in [2.75, 3.05) is 11.5 Å². The molecule has 1 nitrogen and oxygen atoms in total. The Labute approximate surface area is 78.4 Å². The first-order chi connectivity index (χ1) is 5.83. The zero-order valence-electron chi connectivity index (χ0n) is 8.05. The summed E-state index contributed by atoms with van der Waals surface area (Å²) < 4.78 is 11.2. The van der Waals surface area contributed by atoms with E-state index in [1.54, 1.807) is 0 Å². The highest BCUT2D eigenvalue weighted by Gasteiger charge is 2.17. The third kappa shape index (κ3) is 3.70. The van der Waals surface area contributed by atoms with Crippen LogP contribution in [0, 0.1) is 5.92 Å². The van der Waals surface area contributed by atoms with Crippen LogP contribution >= 0.6 is 0 Å². The molecule has 0 saturated carbocycles. The highest BCUT2D eigenvalue weighted by Crippen LogP contribution is 2.21. The number of hydrogen-bond acceptors (Lipinski definition) is 1. The van der Waals surface area contributed by atoms with E-state index in [2.05, 4.69) is 6.92 Å². The second-order valence-electron chi connectivity index (χ2n) is 3.81. The van der Waals surface area contributed by atoms with Gasteiger partial charge in [0.2, 0.25) is 0 Å². The zero-order valence-corrected chi connectivity index (χ0v) is 8.87. The third-order valence-corrected chi connectivity index (χ3v) is 4.21. The van der Waals surface area contributed by atoms with Crippen LogP contribution in [0.5, 0.6) is 0 Å². The molecule has 2 unspecified atom stereocenters. The van der Waals surface area contributed by atoms with Crippen LogP contribution in [-0.4, -0.2) is 15.7 Å². The van der Waals surface area contributed by atoms with Gasteiger partial charge >= 0.3 is 0 Å². The van der Waals surface area contributed by atoms with Gasteiger partial charge in [-0.3, -0.25) is 4.21 Å². The highest BCUT2D eigenvalue weighted by atomic mass is 32.2. The average Bonchev–Trinajstić information content (AvgIpc) is 2.05. The van der Waals surface area contributed by atoms with Gasteiger partial charge < -0.3 is 0 Å². The standard InChI is InChI=1S/C10H20OS/c1-2-3-4-6-10-7-5-8-12(11)9-10/h10H,2-9H2,1H3. The lowest BCUT2D eigenvalue weighted by Crippen LogP contribution is -2.19. The molecule has 1 rings (SSSR count). The van der Waals surface area contributed by atoms with Gasteiger partial charge in [-0.2, -0.15) is 0 Å². The minimum Gasteiger partial charge on any atom is -0.260 e. The van der Waals surface area contributed by atoms with Crippen LogP contribution in [0.3, 0.4) is 0 Å². The quantitative estimate of drug-likeness (QED) is 0.620. The molecule has 1 fully saturated rings. The fourth-order valence-electron chi connectivity index (χ4n) is 1.87. The van der Waals surface area contributed by atoms with E-state index >= 15 is 0 Å². The number of hydrogen-bond donors (Lipinski definition) is 0. The Morgan fingerprint density at radius 3 is 2.92 bits per heavy atom. The maximum absolute atomic E-state index is 11.2. The van der Waals surface area contributed by atoms with Gasteiger partial charge in [-0.05, 0) is 25.2 Å². The molecular weight excluding hydrogens is 168 g/mol. The molecule has 1 heterocycles. The normalized spacial score (nSPS) is 30.4. The Hall–Kier alpha value is 0.150. The van der Waals surface area contributed by atoms with Crippen LogP contribution in [0.2, 0.25) is 0 Å². The molecule has 1 aliphatic heterocycles. The Balaban J connectivity index is 2.10. The Morgan fingerprint density at radius 2 is 2.25 bits per heavy atom. The minimum absolute atomic E-state index is 0.476. The van der Waals surface area contributed by atoms with Gasteiger partial charge in [0.1, 0.15) is 0 Å². The lowest BCUT2D eigenvalue weighted by molar-refractivity contribution is 0.451. The smallest absolute Gasteiger partial charge is 0.0263 e. The first-order valence-corrected chi connectivity index (χ1v) is 6.66. The van der Waals surface area contributed by atoms with Crippen molar-refractivity contribution in [1.82, 2.24) is 0 Å². The summed E-state index contributed by atoms with van der Waals surface area (Å²) >= 11 is 0. The van der Waals surface area contributed by atoms with Gasteiger partial charge in [-0.1, -0.05) is 26.2 Å². The molecule has 12 heavy (non-hydrogen) atoms. The van der Waals surface area contributed by atoms with Crippen LogP contribution in [0.25, 0.3) is 0 Å². The van der Waals surface area contributed by atoms with Gasteiger partial charge in [0.25, 0.3) is 0 Å². The van der Waals surface area contributed by atoms with Crippen LogP contribution < -0.4 is 0 Å². The van der Waals surface area contributed by atoms with Crippen molar-refractivity contribution < 1.29 is 4.21 Å². The predicted octanol–water partition coefficient (Wildman–Crippen LogP) is 2.73. The molecule has 0 aliphatic carbocycles. The van der Waals surface area contributed by atoms with Gasteiger partial charge in [-0.25, -0.2) is 0 Å². The van der Waals surface area contributed by atoms with Crippen LogP contribution in [0.1, 0.15) is 45.4 Å². The number of rotatable bonds is 4. The molecule has 2 atom stereocenters. The van der Waals surface area contributed by atoms with Gasteiger partial charge in [0, 0.05) is 22.3 Å². The second-order valence-corrected chi connectivity index (χ2v) is 5.44. The molecule has 1 aliphatic rings. The van der Waals surface area contributed by atoms with Gasteiger partial charge in [0.05, 0.1) is 0 Å². The SMILES string of the molecule is CCCCCC1CCCS(=O)C1. The molecular formula is C10H20OS. The van der Waals surface area contributed by atoms with E-state index in [1.165, 1.54) is 38.5 Å². The maximum atomic E-state index is 11.2. The van der Waals surface area contributed by atoms with Crippen molar-refractivity contribution in [2.24, 2.45) is 5.92 Å². The van der Waals surface area contributed by atoms with E-state index in [1.807, 2.05) is 0 Å². The maximum Gasteiger partial charge on any atom is 0.0263 e. The monoisotopic (exact) mass is 188 g/mol. The predicted molar refractivity (Wildman–Crippen MR) is 54.7 cm³/mol. The summed E-state index contributed by atoms with van der Waals surface area (Å²) in [6, 6.07) is 0. The fourth-order valence-corrected chi connectivity index (χ4v) is 3.39. The van der Waals surface area contributed by atoms with Crippen molar-refractivity contribution in [3.05, 3.63) is 0 Å². The minimum atomic E-state index is -0.476. The van der Waals surface area contributed by atoms with E-state index in [0.717, 1.165) is 17.4 Å². The molecule has 0 aromatic rings. The summed E-state index contributed by atoms with van der Waals surface area (Å²) in [5, 5.41) is 0. The van der Waals surface area contributed by atoms with Crippen molar-refractivity contribution in [3.63, 3.8) is 0 Å². The van der Waals surface area contributed by atoms with E-state index in [4.69, 9.17) is 0 Å². The second kappa shape index (κ2) is 5.74. The first kappa shape index (κ1) is 10.2. The lowest BCUT2D eigenvalue weighted by Gasteiger charge is -2.20. The van der Waals surface area contributed by atoms with Crippen molar-refractivity contribution in [3.8, 4) is 0 Å². The molecule has 2 heteroatoms. The van der Waals surface area contributed by atoms with E-state index < -0.39 is 10.8 Å². The van der Waals surface area contributed by atoms with E-state index in [-0.39, 0.29) is 0 Å². The summed E-state index contributed by atoms with van der Waals surface area (Å²) in [4.78, 5) is 0. The largest absolute Gasteiger partial charge is 0.260 e. The van der Waals surface area contributed by atoms with Gasteiger partial charge in [-0.15, -0.1) is 0 Å². The Bertz CT molecular complexity index is 145. The molecule has 0 aromatic carbocycles. The zero-order chi connectivity index (χ0) is 8.81. The summed E-state index contributed by atoms with van der Waals surface area (Å²) in [7, 11) is -0.476. The fraction of sp³-hybridized carbons (Fsp3) is 1.00. The molecule has 0 bridgehead atoms. The van der Waals surface area contributed by atoms with Crippen molar-refractivity contribution in [2.45, 2.75) is 45.4 Å². The Morgan fingerprint density at radius 1 is 1.42 bits per heavy atom. The van der Waals surface area contributed by atoms with E-state index in [9.17, 15) is 4.21 Å². The van der Waals surface area contributed by atoms with Crippen LogP contribution in [-0.2, 0) is 10.8 Å². The molecule has 0 radical (unpaired) electrons. The van der Waals surface area contributed by atoms with Crippen molar-refractivity contribution in [1.29, 1.82) is 0 Å². The summed E-state index contributed by atoms with van der Waals surface area (Å²) in [6.07, 6.45) is 7.84. The summed E-state index contributed by atoms with van der Waals surface area (Å²) in [5.74, 6) is 2.74. The average molecular weight is 188 g/mol. The first-order valence-electron chi connectivity index (χ1n) is 5.18. The molecule has 1 saturated heterocycles. The van der Waals surface area contributed by atoms with Gasteiger partial charge in [0.15, 0.2) is 0 Å². The van der Waals surface area contributed by atoms with E-state index in [0.29, 0.717) is 0 Å². The lowest BCUT2D eigenvalue weighted by atomic mass is 9.98. The van der Waals surface area contributed by atoms with Crippen LogP contribution in [0.4, 0.5) is 0 Å².